The van der Waals surface area contributed by atoms with E-state index in [-0.39, 0.29) is 11.9 Å². The van der Waals surface area contributed by atoms with E-state index in [1.807, 2.05) is 38.1 Å². The summed E-state index contributed by atoms with van der Waals surface area (Å²) in [5.41, 5.74) is 0.921. The first-order valence-electron chi connectivity index (χ1n) is 7.11. The zero-order valence-corrected chi connectivity index (χ0v) is 13.7. The fourth-order valence-corrected chi connectivity index (χ4v) is 2.35. The predicted molar refractivity (Wildman–Crippen MR) is 87.0 cm³/mol. The molecule has 0 aliphatic carbocycles. The smallest absolute Gasteiger partial charge is 0.230 e. The molecule has 2 N–H and O–H groups in total. The van der Waals surface area contributed by atoms with Crippen molar-refractivity contribution in [3.63, 3.8) is 0 Å². The van der Waals surface area contributed by atoms with E-state index in [4.69, 9.17) is 4.74 Å². The molecule has 1 atom stereocenters. The first kappa shape index (κ1) is 16.4. The monoisotopic (exact) mass is 320 g/mol. The molecular weight excluding hydrogens is 300 g/mol. The number of aromatic nitrogens is 3. The number of methoxy groups -OCH3 is 1. The Hall–Kier alpha value is -2.02. The van der Waals surface area contributed by atoms with Gasteiger partial charge in [-0.15, -0.1) is 5.10 Å². The summed E-state index contributed by atoms with van der Waals surface area (Å²) in [5, 5.41) is 10.5. The zero-order chi connectivity index (χ0) is 15.9. The van der Waals surface area contributed by atoms with Crippen LogP contribution in [0.3, 0.4) is 0 Å². The third-order valence-electron chi connectivity index (χ3n) is 3.18. The molecule has 1 aromatic carbocycles. The van der Waals surface area contributed by atoms with E-state index in [9.17, 15) is 4.79 Å². The van der Waals surface area contributed by atoms with Crippen molar-refractivity contribution in [1.29, 1.82) is 0 Å². The number of ether oxygens (including phenoxy) is 1. The molecule has 1 heterocycles. The number of carbonyl (C=O) groups is 1. The minimum absolute atomic E-state index is 0.00449. The minimum Gasteiger partial charge on any atom is -0.497 e. The number of aromatic amines is 1. The van der Waals surface area contributed by atoms with Gasteiger partial charge in [-0.1, -0.05) is 18.7 Å². The lowest BCUT2D eigenvalue weighted by Gasteiger charge is -2.09. The number of thioether (sulfide) groups is 1. The summed E-state index contributed by atoms with van der Waals surface area (Å²) in [5.74, 6) is 1.77. The second-order valence-electron chi connectivity index (χ2n) is 4.86. The van der Waals surface area contributed by atoms with Crippen LogP contribution >= 0.6 is 11.8 Å². The van der Waals surface area contributed by atoms with Gasteiger partial charge in [0.25, 0.3) is 0 Å². The normalized spacial score (nSPS) is 12.0. The number of carbonyl (C=O) groups excluding carboxylic acids is 1. The lowest BCUT2D eigenvalue weighted by molar-refractivity contribution is -0.119. The maximum atomic E-state index is 11.7. The van der Waals surface area contributed by atoms with Gasteiger partial charge >= 0.3 is 0 Å². The molecule has 2 aromatic rings. The first-order chi connectivity index (χ1) is 10.6. The number of rotatable bonds is 7. The van der Waals surface area contributed by atoms with Gasteiger partial charge in [0.2, 0.25) is 11.1 Å². The number of benzene rings is 1. The zero-order valence-electron chi connectivity index (χ0n) is 12.9. The van der Waals surface area contributed by atoms with Crippen LogP contribution in [0.25, 0.3) is 11.4 Å². The summed E-state index contributed by atoms with van der Waals surface area (Å²) in [6.07, 6.45) is 0.915. The number of nitrogens with one attached hydrogen (secondary N) is 2. The van der Waals surface area contributed by atoms with Crippen LogP contribution < -0.4 is 10.1 Å². The molecule has 22 heavy (non-hydrogen) atoms. The third-order valence-corrected chi connectivity index (χ3v) is 4.03. The Labute approximate surface area is 134 Å². The molecule has 0 bridgehead atoms. The number of hydrogen-bond acceptors (Lipinski definition) is 5. The van der Waals surface area contributed by atoms with E-state index in [1.54, 1.807) is 7.11 Å². The molecule has 0 aliphatic rings. The Morgan fingerprint density at radius 1 is 1.41 bits per heavy atom. The Morgan fingerprint density at radius 3 is 2.77 bits per heavy atom. The molecule has 118 valence electrons. The fraction of sp³-hybridized carbons (Fsp3) is 0.400. The third kappa shape index (κ3) is 4.49. The van der Waals surface area contributed by atoms with E-state index in [1.165, 1.54) is 11.8 Å². The molecule has 0 aliphatic heterocycles. The van der Waals surface area contributed by atoms with E-state index in [0.717, 1.165) is 17.7 Å². The summed E-state index contributed by atoms with van der Waals surface area (Å²) < 4.78 is 5.12. The van der Waals surface area contributed by atoms with E-state index < -0.39 is 0 Å². The predicted octanol–water partition coefficient (Wildman–Crippen LogP) is 2.49. The minimum atomic E-state index is -0.00449. The van der Waals surface area contributed by atoms with E-state index in [0.29, 0.717) is 16.7 Å². The molecule has 0 radical (unpaired) electrons. The van der Waals surface area contributed by atoms with Gasteiger partial charge in [-0.05, 0) is 37.6 Å². The van der Waals surface area contributed by atoms with Gasteiger partial charge in [-0.3, -0.25) is 9.89 Å². The van der Waals surface area contributed by atoms with Crippen molar-refractivity contribution in [2.45, 2.75) is 31.5 Å². The van der Waals surface area contributed by atoms with Crippen LogP contribution in [0.5, 0.6) is 5.75 Å². The van der Waals surface area contributed by atoms with Gasteiger partial charge in [0, 0.05) is 11.6 Å². The van der Waals surface area contributed by atoms with Crippen LogP contribution in [0.2, 0.25) is 0 Å². The standard InChI is InChI=1S/C15H20N4O2S/c1-4-10(2)16-13(20)9-22-15-17-14(18-19-15)11-5-7-12(21-3)8-6-11/h5-8,10H,4,9H2,1-3H3,(H,16,20)(H,17,18,19). The van der Waals surface area contributed by atoms with Crippen LogP contribution in [0.4, 0.5) is 0 Å². The molecule has 0 saturated heterocycles. The highest BCUT2D eigenvalue weighted by Crippen LogP contribution is 2.21. The average molecular weight is 320 g/mol. The number of hydrogen-bond donors (Lipinski definition) is 2. The highest BCUT2D eigenvalue weighted by atomic mass is 32.2. The van der Waals surface area contributed by atoms with Crippen LogP contribution in [0.1, 0.15) is 20.3 Å². The van der Waals surface area contributed by atoms with Gasteiger partial charge in [-0.25, -0.2) is 4.98 Å². The Morgan fingerprint density at radius 2 is 2.14 bits per heavy atom. The molecule has 1 unspecified atom stereocenters. The summed E-state index contributed by atoms with van der Waals surface area (Å²) in [6, 6.07) is 7.73. The fourth-order valence-electron chi connectivity index (χ4n) is 1.74. The molecule has 2 rings (SSSR count). The maximum absolute atomic E-state index is 11.7. The molecule has 0 spiro atoms. The van der Waals surface area contributed by atoms with Crippen LogP contribution in [-0.2, 0) is 4.79 Å². The molecule has 6 nitrogen and oxygen atoms in total. The Balaban J connectivity index is 1.92. The van der Waals surface area contributed by atoms with Gasteiger partial charge in [-0.2, -0.15) is 0 Å². The number of nitrogens with zero attached hydrogens (tertiary/aromatic N) is 2. The summed E-state index contributed by atoms with van der Waals surface area (Å²) in [7, 11) is 1.63. The highest BCUT2D eigenvalue weighted by Gasteiger charge is 2.10. The molecule has 0 fully saturated rings. The van der Waals surface area contributed by atoms with Crippen molar-refractivity contribution < 1.29 is 9.53 Å². The SMILES string of the molecule is CCC(C)NC(=O)CSc1n[nH]c(-c2ccc(OC)cc2)n1. The number of amides is 1. The average Bonchev–Trinajstić information content (AvgIpc) is 3.02. The van der Waals surface area contributed by atoms with Gasteiger partial charge < -0.3 is 10.1 Å². The van der Waals surface area contributed by atoms with Crippen LogP contribution in [0.15, 0.2) is 29.4 Å². The molecule has 7 heteroatoms. The Bertz CT molecular complexity index is 612. The molecule has 0 saturated carbocycles. The summed E-state index contributed by atoms with van der Waals surface area (Å²) in [6.45, 7) is 4.02. The van der Waals surface area contributed by atoms with Crippen LogP contribution in [-0.4, -0.2) is 40.0 Å². The first-order valence-corrected chi connectivity index (χ1v) is 8.10. The summed E-state index contributed by atoms with van der Waals surface area (Å²) >= 11 is 1.31. The van der Waals surface area contributed by atoms with Gasteiger partial charge in [0.05, 0.1) is 12.9 Å². The molecule has 1 amide bonds. The Kier molecular flexibility index (Phi) is 5.83. The lowest BCUT2D eigenvalue weighted by atomic mass is 10.2. The topological polar surface area (TPSA) is 79.9 Å². The second-order valence-corrected chi connectivity index (χ2v) is 5.80. The molecule has 1 aromatic heterocycles. The lowest BCUT2D eigenvalue weighted by Crippen LogP contribution is -2.33. The van der Waals surface area contributed by atoms with E-state index in [2.05, 4.69) is 20.5 Å². The van der Waals surface area contributed by atoms with Gasteiger partial charge in [0.1, 0.15) is 5.75 Å². The van der Waals surface area contributed by atoms with Gasteiger partial charge in [0.15, 0.2) is 5.82 Å². The van der Waals surface area contributed by atoms with Crippen molar-refractivity contribution in [2.24, 2.45) is 0 Å². The van der Waals surface area contributed by atoms with E-state index >= 15 is 0 Å². The second kappa shape index (κ2) is 7.84. The quantitative estimate of drug-likeness (QED) is 0.766. The van der Waals surface area contributed by atoms with Crippen LogP contribution in [0, 0.1) is 0 Å². The highest BCUT2D eigenvalue weighted by molar-refractivity contribution is 7.99. The molecular formula is C15H20N4O2S. The number of H-pyrrole nitrogens is 1. The van der Waals surface area contributed by atoms with Crippen molar-refractivity contribution >= 4 is 17.7 Å². The van der Waals surface area contributed by atoms with Crippen molar-refractivity contribution in [2.75, 3.05) is 12.9 Å². The van der Waals surface area contributed by atoms with Crippen molar-refractivity contribution in [3.8, 4) is 17.1 Å². The van der Waals surface area contributed by atoms with Crippen molar-refractivity contribution in [3.05, 3.63) is 24.3 Å². The summed E-state index contributed by atoms with van der Waals surface area (Å²) in [4.78, 5) is 16.1. The maximum Gasteiger partial charge on any atom is 0.230 e. The largest absolute Gasteiger partial charge is 0.497 e. The van der Waals surface area contributed by atoms with Crippen molar-refractivity contribution in [1.82, 2.24) is 20.5 Å².